The zero-order chi connectivity index (χ0) is 14.8. The molecule has 9 heteroatoms. The lowest BCUT2D eigenvalue weighted by atomic mass is 9.85. The largest absolute Gasteiger partial charge is 0.453 e. The summed E-state index contributed by atoms with van der Waals surface area (Å²) in [6.45, 7) is -0.104. The van der Waals surface area contributed by atoms with Gasteiger partial charge in [0.25, 0.3) is 5.82 Å². The third kappa shape index (κ3) is 3.69. The van der Waals surface area contributed by atoms with Gasteiger partial charge in [-0.2, -0.15) is 13.2 Å². The molecule has 0 radical (unpaired) electrons. The highest BCUT2D eigenvalue weighted by atomic mass is 19.4. The summed E-state index contributed by atoms with van der Waals surface area (Å²) in [4.78, 5) is 15.2. The van der Waals surface area contributed by atoms with E-state index in [2.05, 4.69) is 20.5 Å². The Morgan fingerprint density at radius 2 is 2.20 bits per heavy atom. The average Bonchev–Trinajstić information content (AvgIpc) is 2.84. The van der Waals surface area contributed by atoms with Gasteiger partial charge in [-0.15, -0.1) is 5.10 Å². The number of nitrogens with one attached hydrogen (secondary N) is 2. The molecule has 1 fully saturated rings. The monoisotopic (exact) mass is 291 g/mol. The molecular formula is C11H16F3N5O. The van der Waals surface area contributed by atoms with Crippen molar-refractivity contribution in [1.29, 1.82) is 0 Å². The highest BCUT2D eigenvalue weighted by Gasteiger charge is 2.36. The molecule has 112 valence electrons. The van der Waals surface area contributed by atoms with E-state index in [1.807, 2.05) is 0 Å². The molecule has 0 bridgehead atoms. The molecular weight excluding hydrogens is 275 g/mol. The lowest BCUT2D eigenvalue weighted by molar-refractivity contribution is -0.144. The van der Waals surface area contributed by atoms with Crippen molar-refractivity contribution in [2.24, 2.45) is 11.7 Å². The number of nitrogens with two attached hydrogens (primary N) is 1. The van der Waals surface area contributed by atoms with Gasteiger partial charge in [0.15, 0.2) is 0 Å². The fraction of sp³-hybridized carbons (Fsp3) is 0.727. The van der Waals surface area contributed by atoms with E-state index in [4.69, 9.17) is 5.73 Å². The second-order valence-electron chi connectivity index (χ2n) is 4.94. The number of rotatable bonds is 3. The molecule has 1 saturated carbocycles. The molecule has 0 aliphatic heterocycles. The van der Waals surface area contributed by atoms with Gasteiger partial charge in [0.2, 0.25) is 5.91 Å². The number of amides is 1. The van der Waals surface area contributed by atoms with Crippen molar-refractivity contribution in [3.05, 3.63) is 11.6 Å². The van der Waals surface area contributed by atoms with Crippen LogP contribution in [-0.2, 0) is 17.5 Å². The van der Waals surface area contributed by atoms with Crippen LogP contribution < -0.4 is 11.1 Å². The van der Waals surface area contributed by atoms with Crippen LogP contribution in [0.5, 0.6) is 0 Å². The molecule has 6 nitrogen and oxygen atoms in total. The number of carbonyl (C=O) groups excluding carboxylic acids is 1. The molecule has 1 aromatic rings. The maximum absolute atomic E-state index is 12.3. The second-order valence-corrected chi connectivity index (χ2v) is 4.94. The Kier molecular flexibility index (Phi) is 4.26. The van der Waals surface area contributed by atoms with Crippen LogP contribution in [0.3, 0.4) is 0 Å². The molecule has 0 saturated heterocycles. The molecule has 0 unspecified atom stereocenters. The number of alkyl halides is 3. The van der Waals surface area contributed by atoms with Gasteiger partial charge >= 0.3 is 6.18 Å². The van der Waals surface area contributed by atoms with E-state index in [-0.39, 0.29) is 30.2 Å². The van der Waals surface area contributed by atoms with Crippen LogP contribution in [0.25, 0.3) is 0 Å². The summed E-state index contributed by atoms with van der Waals surface area (Å²) in [6, 6.07) is 0.0154. The third-order valence-electron chi connectivity index (χ3n) is 3.30. The standard InChI is InChI=1S/C11H16F3N5O/c12-11(13,14)10-17-8(18-19-10)5-16-9(20)6-2-1-3-7(15)4-6/h6-7H,1-5,15H2,(H,16,20)(H,17,18,19)/t6-,7+/m1/s1. The summed E-state index contributed by atoms with van der Waals surface area (Å²) in [7, 11) is 0. The van der Waals surface area contributed by atoms with Gasteiger partial charge in [-0.25, -0.2) is 4.98 Å². The second kappa shape index (κ2) is 5.78. The molecule has 1 aliphatic rings. The van der Waals surface area contributed by atoms with Crippen molar-refractivity contribution >= 4 is 5.91 Å². The first kappa shape index (κ1) is 14.8. The lowest BCUT2D eigenvalue weighted by Crippen LogP contribution is -2.37. The molecule has 0 aromatic carbocycles. The lowest BCUT2D eigenvalue weighted by Gasteiger charge is -2.25. The van der Waals surface area contributed by atoms with Crippen molar-refractivity contribution in [2.75, 3.05) is 0 Å². The zero-order valence-electron chi connectivity index (χ0n) is 10.7. The van der Waals surface area contributed by atoms with E-state index < -0.39 is 12.0 Å². The van der Waals surface area contributed by atoms with Gasteiger partial charge in [-0.3, -0.25) is 9.89 Å². The fourth-order valence-corrected chi connectivity index (χ4v) is 2.28. The average molecular weight is 291 g/mol. The molecule has 1 heterocycles. The van der Waals surface area contributed by atoms with Crippen molar-refractivity contribution in [1.82, 2.24) is 20.5 Å². The van der Waals surface area contributed by atoms with Crippen molar-refractivity contribution < 1.29 is 18.0 Å². The normalized spacial score (nSPS) is 23.6. The smallest absolute Gasteiger partial charge is 0.349 e. The van der Waals surface area contributed by atoms with Crippen LogP contribution >= 0.6 is 0 Å². The molecule has 0 spiro atoms. The summed E-state index contributed by atoms with van der Waals surface area (Å²) in [5, 5.41) is 7.77. The Labute approximate surface area is 113 Å². The summed E-state index contributed by atoms with van der Waals surface area (Å²) >= 11 is 0. The van der Waals surface area contributed by atoms with E-state index in [0.717, 1.165) is 19.3 Å². The maximum atomic E-state index is 12.3. The Hall–Kier alpha value is -1.64. The van der Waals surface area contributed by atoms with Gasteiger partial charge in [0, 0.05) is 12.0 Å². The van der Waals surface area contributed by atoms with Crippen LogP contribution in [-0.4, -0.2) is 27.1 Å². The SMILES string of the molecule is N[C@H]1CCC[C@@H](C(=O)NCc2nc(C(F)(F)F)n[nH]2)C1. The predicted molar refractivity (Wildman–Crippen MR) is 63.2 cm³/mol. The third-order valence-corrected chi connectivity index (χ3v) is 3.30. The zero-order valence-corrected chi connectivity index (χ0v) is 10.7. The highest BCUT2D eigenvalue weighted by Crippen LogP contribution is 2.25. The minimum atomic E-state index is -4.59. The molecule has 2 atom stereocenters. The summed E-state index contributed by atoms with van der Waals surface area (Å²) in [5.74, 6) is -1.64. The Morgan fingerprint density at radius 3 is 2.80 bits per heavy atom. The number of nitrogens with zero attached hydrogens (tertiary/aromatic N) is 2. The van der Waals surface area contributed by atoms with Gasteiger partial charge in [-0.05, 0) is 19.3 Å². The van der Waals surface area contributed by atoms with Crippen molar-refractivity contribution in [2.45, 2.75) is 44.4 Å². The van der Waals surface area contributed by atoms with Crippen molar-refractivity contribution in [3.63, 3.8) is 0 Å². The molecule has 2 rings (SSSR count). The number of aromatic amines is 1. The number of hydrogen-bond donors (Lipinski definition) is 3. The topological polar surface area (TPSA) is 96.7 Å². The van der Waals surface area contributed by atoms with Crippen LogP contribution in [0.2, 0.25) is 0 Å². The minimum Gasteiger partial charge on any atom is -0.349 e. The minimum absolute atomic E-state index is 0.0154. The van der Waals surface area contributed by atoms with Gasteiger partial charge < -0.3 is 11.1 Å². The van der Waals surface area contributed by atoms with Crippen LogP contribution in [0.4, 0.5) is 13.2 Å². The predicted octanol–water partition coefficient (Wildman–Crippen LogP) is 0.957. The number of hydrogen-bond acceptors (Lipinski definition) is 4. The first-order valence-corrected chi connectivity index (χ1v) is 6.38. The van der Waals surface area contributed by atoms with E-state index in [0.29, 0.717) is 6.42 Å². The Balaban J connectivity index is 1.85. The number of halogens is 3. The molecule has 1 aliphatic carbocycles. The quantitative estimate of drug-likeness (QED) is 0.772. The van der Waals surface area contributed by atoms with Crippen molar-refractivity contribution in [3.8, 4) is 0 Å². The van der Waals surface area contributed by atoms with Crippen LogP contribution in [0.1, 0.15) is 37.3 Å². The van der Waals surface area contributed by atoms with Crippen LogP contribution in [0, 0.1) is 5.92 Å². The molecule has 4 N–H and O–H groups in total. The fourth-order valence-electron chi connectivity index (χ4n) is 2.28. The van der Waals surface area contributed by atoms with Gasteiger partial charge in [0.1, 0.15) is 5.82 Å². The van der Waals surface area contributed by atoms with Crippen LogP contribution in [0.15, 0.2) is 0 Å². The van der Waals surface area contributed by atoms with E-state index >= 15 is 0 Å². The number of H-pyrrole nitrogens is 1. The number of carbonyl (C=O) groups is 1. The first-order chi connectivity index (χ1) is 9.36. The van der Waals surface area contributed by atoms with E-state index in [1.54, 1.807) is 0 Å². The molecule has 1 aromatic heterocycles. The molecule has 1 amide bonds. The summed E-state index contributed by atoms with van der Waals surface area (Å²) in [6.07, 6.45) is -1.44. The van der Waals surface area contributed by atoms with E-state index in [9.17, 15) is 18.0 Å². The summed E-state index contributed by atoms with van der Waals surface area (Å²) < 4.78 is 36.9. The van der Waals surface area contributed by atoms with E-state index in [1.165, 1.54) is 0 Å². The molecule has 20 heavy (non-hydrogen) atoms. The maximum Gasteiger partial charge on any atom is 0.453 e. The first-order valence-electron chi connectivity index (χ1n) is 6.38. The van der Waals surface area contributed by atoms with Gasteiger partial charge in [0.05, 0.1) is 6.54 Å². The van der Waals surface area contributed by atoms with Gasteiger partial charge in [-0.1, -0.05) is 6.42 Å². The Bertz CT molecular complexity index is 473. The number of aromatic nitrogens is 3. The Morgan fingerprint density at radius 1 is 1.45 bits per heavy atom. The highest BCUT2D eigenvalue weighted by molar-refractivity contribution is 5.78. The summed E-state index contributed by atoms with van der Waals surface area (Å²) in [5.41, 5.74) is 5.79.